The lowest BCUT2D eigenvalue weighted by Gasteiger charge is -2.10. The van der Waals surface area contributed by atoms with E-state index in [2.05, 4.69) is 31.9 Å². The van der Waals surface area contributed by atoms with Gasteiger partial charge in [0, 0.05) is 5.56 Å². The fourth-order valence-electron chi connectivity index (χ4n) is 1.14. The Morgan fingerprint density at radius 1 is 1.43 bits per heavy atom. The highest BCUT2D eigenvalue weighted by molar-refractivity contribution is 9.24. The highest BCUT2D eigenvalue weighted by atomic mass is 79.9. The molecule has 4 heteroatoms. The van der Waals surface area contributed by atoms with E-state index in [-0.39, 0.29) is 3.74 Å². The van der Waals surface area contributed by atoms with Gasteiger partial charge in [-0.05, 0) is 6.07 Å². The van der Waals surface area contributed by atoms with Crippen molar-refractivity contribution >= 4 is 31.9 Å². The summed E-state index contributed by atoms with van der Waals surface area (Å²) in [6.45, 7) is 1.47. The van der Waals surface area contributed by atoms with Gasteiger partial charge in [0.1, 0.15) is 18.5 Å². The smallest absolute Gasteiger partial charge is 0.124 e. The number of ether oxygens (including phenoxy) is 2. The van der Waals surface area contributed by atoms with Crippen molar-refractivity contribution in [3.05, 3.63) is 29.8 Å². The maximum atomic E-state index is 5.64. The summed E-state index contributed by atoms with van der Waals surface area (Å²) in [5.74, 6) is 0.904. The molecule has 1 atom stereocenters. The Kier molecular flexibility index (Phi) is 3.47. The molecule has 2 rings (SSSR count). The van der Waals surface area contributed by atoms with Gasteiger partial charge in [-0.3, -0.25) is 0 Å². The van der Waals surface area contributed by atoms with Crippen molar-refractivity contribution < 1.29 is 9.47 Å². The van der Waals surface area contributed by atoms with E-state index in [4.69, 9.17) is 9.47 Å². The van der Waals surface area contributed by atoms with Gasteiger partial charge in [0.05, 0.1) is 10.3 Å². The van der Waals surface area contributed by atoms with Crippen LogP contribution in [-0.4, -0.2) is 19.3 Å². The normalized spacial score (nSPS) is 19.8. The zero-order valence-electron chi connectivity index (χ0n) is 7.45. The van der Waals surface area contributed by atoms with Gasteiger partial charge in [-0.25, -0.2) is 0 Å². The molecule has 76 valence electrons. The summed E-state index contributed by atoms with van der Waals surface area (Å²) in [5.41, 5.74) is 1.10. The lowest BCUT2D eigenvalue weighted by molar-refractivity contribution is 0.261. The summed E-state index contributed by atoms with van der Waals surface area (Å²) in [4.78, 5) is 0. The molecule has 0 bridgehead atoms. The van der Waals surface area contributed by atoms with E-state index in [1.54, 1.807) is 0 Å². The molecule has 1 heterocycles. The van der Waals surface area contributed by atoms with Crippen LogP contribution in [-0.2, 0) is 4.74 Å². The van der Waals surface area contributed by atoms with E-state index in [1.807, 2.05) is 24.3 Å². The first-order valence-corrected chi connectivity index (χ1v) is 6.22. The molecular formula is C10H10Br2O2. The monoisotopic (exact) mass is 320 g/mol. The minimum atomic E-state index is 0.131. The second kappa shape index (κ2) is 4.64. The quantitative estimate of drug-likeness (QED) is 0.627. The lowest BCUT2D eigenvalue weighted by atomic mass is 10.2. The molecule has 0 N–H and O–H groups in total. The summed E-state index contributed by atoms with van der Waals surface area (Å²) < 4.78 is 10.9. The molecule has 1 saturated heterocycles. The number of hydrogen-bond acceptors (Lipinski definition) is 2. The summed E-state index contributed by atoms with van der Waals surface area (Å²) in [6, 6.07) is 7.95. The predicted molar refractivity (Wildman–Crippen MR) is 62.3 cm³/mol. The van der Waals surface area contributed by atoms with Gasteiger partial charge in [0.15, 0.2) is 0 Å². The zero-order valence-corrected chi connectivity index (χ0v) is 10.6. The van der Waals surface area contributed by atoms with E-state index in [0.29, 0.717) is 12.7 Å². The van der Waals surface area contributed by atoms with Crippen molar-refractivity contribution in [3.8, 4) is 5.75 Å². The van der Waals surface area contributed by atoms with Crippen molar-refractivity contribution in [2.45, 2.75) is 9.84 Å². The van der Waals surface area contributed by atoms with Gasteiger partial charge in [-0.1, -0.05) is 50.1 Å². The topological polar surface area (TPSA) is 21.8 Å². The molecule has 0 amide bonds. The third-order valence-corrected chi connectivity index (χ3v) is 2.97. The van der Waals surface area contributed by atoms with Crippen LogP contribution in [0.5, 0.6) is 5.75 Å². The van der Waals surface area contributed by atoms with Gasteiger partial charge in [-0.2, -0.15) is 0 Å². The number of alkyl halides is 2. The maximum Gasteiger partial charge on any atom is 0.124 e. The number of para-hydroxylation sites is 1. The summed E-state index contributed by atoms with van der Waals surface area (Å²) in [5, 5.41) is 0. The Labute approximate surface area is 99.8 Å². The SMILES string of the molecule is BrC(Br)c1ccccc1OC[C@H]1CO1. The van der Waals surface area contributed by atoms with Gasteiger partial charge >= 0.3 is 0 Å². The minimum absolute atomic E-state index is 0.131. The van der Waals surface area contributed by atoms with Gasteiger partial charge in [0.2, 0.25) is 0 Å². The van der Waals surface area contributed by atoms with E-state index in [0.717, 1.165) is 17.9 Å². The van der Waals surface area contributed by atoms with Crippen LogP contribution in [0.15, 0.2) is 24.3 Å². The Hall–Kier alpha value is -0.0600. The van der Waals surface area contributed by atoms with Crippen LogP contribution < -0.4 is 4.74 Å². The second-order valence-electron chi connectivity index (χ2n) is 3.10. The molecule has 1 aromatic carbocycles. The second-order valence-corrected chi connectivity index (χ2v) is 6.16. The summed E-state index contributed by atoms with van der Waals surface area (Å²) >= 11 is 6.92. The standard InChI is InChI=1S/C10H10Br2O2/c11-10(12)8-3-1-2-4-9(8)14-6-7-5-13-7/h1-4,7,10H,5-6H2/t7-/m1/s1. The average Bonchev–Trinajstić information content (AvgIpc) is 2.98. The summed E-state index contributed by atoms with van der Waals surface area (Å²) in [6.07, 6.45) is 0.298. The van der Waals surface area contributed by atoms with Crippen LogP contribution >= 0.6 is 31.9 Å². The fourth-order valence-corrected chi connectivity index (χ4v) is 1.90. The van der Waals surface area contributed by atoms with Crippen molar-refractivity contribution in [1.82, 2.24) is 0 Å². The molecule has 2 nitrogen and oxygen atoms in total. The van der Waals surface area contributed by atoms with Gasteiger partial charge in [0.25, 0.3) is 0 Å². The molecule has 1 aliphatic rings. The van der Waals surface area contributed by atoms with Crippen LogP contribution in [0.1, 0.15) is 9.30 Å². The predicted octanol–water partition coefficient (Wildman–Crippen LogP) is 3.25. The molecule has 0 saturated carbocycles. The van der Waals surface area contributed by atoms with Crippen LogP contribution in [0.25, 0.3) is 0 Å². The Bertz CT molecular complexity index is 311. The minimum Gasteiger partial charge on any atom is -0.490 e. The molecule has 0 spiro atoms. The van der Waals surface area contributed by atoms with Crippen molar-refractivity contribution in [1.29, 1.82) is 0 Å². The third kappa shape index (κ3) is 2.72. The third-order valence-electron chi connectivity index (χ3n) is 1.98. The first kappa shape index (κ1) is 10.5. The molecule has 1 fully saturated rings. The molecule has 1 aliphatic heterocycles. The Morgan fingerprint density at radius 3 is 2.79 bits per heavy atom. The van der Waals surface area contributed by atoms with Crippen molar-refractivity contribution in [3.63, 3.8) is 0 Å². The maximum absolute atomic E-state index is 5.64. The largest absolute Gasteiger partial charge is 0.490 e. The van der Waals surface area contributed by atoms with Crippen LogP contribution in [0, 0.1) is 0 Å². The highest BCUT2D eigenvalue weighted by Gasteiger charge is 2.23. The van der Waals surface area contributed by atoms with E-state index in [1.165, 1.54) is 0 Å². The van der Waals surface area contributed by atoms with Gasteiger partial charge < -0.3 is 9.47 Å². The molecule has 0 aliphatic carbocycles. The molecule has 0 radical (unpaired) electrons. The lowest BCUT2D eigenvalue weighted by Crippen LogP contribution is -2.05. The Morgan fingerprint density at radius 2 is 2.14 bits per heavy atom. The number of benzene rings is 1. The molecule has 0 aromatic heterocycles. The Balaban J connectivity index is 2.05. The highest BCUT2D eigenvalue weighted by Crippen LogP contribution is 2.35. The van der Waals surface area contributed by atoms with Crippen molar-refractivity contribution in [2.75, 3.05) is 13.2 Å². The number of halogens is 2. The van der Waals surface area contributed by atoms with Gasteiger partial charge in [-0.15, -0.1) is 0 Å². The first-order valence-electron chi connectivity index (χ1n) is 4.39. The van der Waals surface area contributed by atoms with E-state index < -0.39 is 0 Å². The molecular weight excluding hydrogens is 312 g/mol. The zero-order chi connectivity index (χ0) is 9.97. The fraction of sp³-hybridized carbons (Fsp3) is 0.400. The molecule has 1 aromatic rings. The van der Waals surface area contributed by atoms with E-state index >= 15 is 0 Å². The van der Waals surface area contributed by atoms with E-state index in [9.17, 15) is 0 Å². The van der Waals surface area contributed by atoms with Crippen LogP contribution in [0.4, 0.5) is 0 Å². The van der Waals surface area contributed by atoms with Crippen LogP contribution in [0.2, 0.25) is 0 Å². The molecule has 0 unspecified atom stereocenters. The number of rotatable bonds is 4. The number of epoxide rings is 1. The average molecular weight is 322 g/mol. The first-order chi connectivity index (χ1) is 6.77. The summed E-state index contributed by atoms with van der Waals surface area (Å²) in [7, 11) is 0. The van der Waals surface area contributed by atoms with Crippen LogP contribution in [0.3, 0.4) is 0 Å². The van der Waals surface area contributed by atoms with Crippen molar-refractivity contribution in [2.24, 2.45) is 0 Å². The molecule has 14 heavy (non-hydrogen) atoms. The number of hydrogen-bond donors (Lipinski definition) is 0.